The molecule has 0 saturated heterocycles. The maximum Gasteiger partial charge on any atom is 0.183 e. The van der Waals surface area contributed by atoms with Crippen LogP contribution in [0.3, 0.4) is 0 Å². The van der Waals surface area contributed by atoms with Crippen molar-refractivity contribution in [3.8, 4) is 0 Å². The molecule has 1 saturated carbocycles. The summed E-state index contributed by atoms with van der Waals surface area (Å²) < 4.78 is 25.4. The molecule has 1 aromatic carbocycles. The first-order chi connectivity index (χ1) is 9.23. The van der Waals surface area contributed by atoms with E-state index < -0.39 is 21.2 Å². The maximum absolute atomic E-state index is 12.7. The second-order valence-electron chi connectivity index (χ2n) is 6.84. The smallest absolute Gasteiger partial charge is 0.183 e. The molecular formula is C16H24O3S. The van der Waals surface area contributed by atoms with Crippen LogP contribution in [0.15, 0.2) is 35.2 Å². The predicted molar refractivity (Wildman–Crippen MR) is 80.2 cm³/mol. The van der Waals surface area contributed by atoms with Gasteiger partial charge in [-0.2, -0.15) is 0 Å². The molecule has 0 spiro atoms. The summed E-state index contributed by atoms with van der Waals surface area (Å²) in [6.45, 7) is 6.42. The monoisotopic (exact) mass is 296 g/mol. The van der Waals surface area contributed by atoms with Gasteiger partial charge in [-0.25, -0.2) is 8.42 Å². The van der Waals surface area contributed by atoms with E-state index >= 15 is 0 Å². The minimum atomic E-state index is -3.45. The minimum absolute atomic E-state index is 0.0740. The maximum atomic E-state index is 12.7. The van der Waals surface area contributed by atoms with Crippen LogP contribution >= 0.6 is 0 Å². The third kappa shape index (κ3) is 3.07. The molecule has 20 heavy (non-hydrogen) atoms. The van der Waals surface area contributed by atoms with Gasteiger partial charge < -0.3 is 5.11 Å². The van der Waals surface area contributed by atoms with Crippen LogP contribution in [0.5, 0.6) is 0 Å². The molecule has 0 unspecified atom stereocenters. The summed E-state index contributed by atoms with van der Waals surface area (Å²) in [5, 5.41) is 9.49. The van der Waals surface area contributed by atoms with Crippen molar-refractivity contribution < 1.29 is 13.5 Å². The van der Waals surface area contributed by atoms with Crippen LogP contribution in [0.4, 0.5) is 0 Å². The Kier molecular flexibility index (Phi) is 4.26. The SMILES string of the molecule is CC(C)(C)[C@@H]1CC[C@H](O)[C@@H](S(=O)(=O)c2ccccc2)C1. The van der Waals surface area contributed by atoms with Gasteiger partial charge in [0.25, 0.3) is 0 Å². The molecule has 1 aliphatic rings. The van der Waals surface area contributed by atoms with Gasteiger partial charge in [-0.15, -0.1) is 0 Å². The van der Waals surface area contributed by atoms with Gasteiger partial charge in [0.1, 0.15) is 0 Å². The first-order valence-corrected chi connectivity index (χ1v) is 8.74. The molecule has 0 aromatic heterocycles. The fraction of sp³-hybridized carbons (Fsp3) is 0.625. The first-order valence-electron chi connectivity index (χ1n) is 7.20. The number of hydrogen-bond acceptors (Lipinski definition) is 3. The fourth-order valence-electron chi connectivity index (χ4n) is 3.02. The van der Waals surface area contributed by atoms with Crippen molar-refractivity contribution in [2.75, 3.05) is 0 Å². The molecule has 0 heterocycles. The normalized spacial score (nSPS) is 28.3. The standard InChI is InChI=1S/C16H24O3S/c1-16(2,3)12-9-10-14(17)15(11-12)20(18,19)13-7-5-4-6-8-13/h4-8,12,14-15,17H,9-11H2,1-3H3/t12-,14+,15+/m1/s1. The molecule has 0 bridgehead atoms. The van der Waals surface area contributed by atoms with E-state index in [4.69, 9.17) is 0 Å². The molecule has 1 N–H and O–H groups in total. The van der Waals surface area contributed by atoms with Crippen molar-refractivity contribution in [3.05, 3.63) is 30.3 Å². The topological polar surface area (TPSA) is 54.4 Å². The largest absolute Gasteiger partial charge is 0.392 e. The summed E-state index contributed by atoms with van der Waals surface area (Å²) in [5.74, 6) is 0.328. The Morgan fingerprint density at radius 2 is 1.70 bits per heavy atom. The van der Waals surface area contributed by atoms with Crippen LogP contribution in [0.1, 0.15) is 40.0 Å². The van der Waals surface area contributed by atoms with Crippen LogP contribution in [0.25, 0.3) is 0 Å². The number of aliphatic hydroxyl groups excluding tert-OH is 1. The lowest BCUT2D eigenvalue weighted by atomic mass is 9.71. The van der Waals surface area contributed by atoms with Crippen molar-refractivity contribution in [2.24, 2.45) is 11.3 Å². The highest BCUT2D eigenvalue weighted by Crippen LogP contribution is 2.41. The Labute approximate surface area is 121 Å². The Hall–Kier alpha value is -0.870. The van der Waals surface area contributed by atoms with Gasteiger partial charge in [0.05, 0.1) is 16.2 Å². The lowest BCUT2D eigenvalue weighted by molar-refractivity contribution is 0.0757. The molecular weight excluding hydrogens is 272 g/mol. The Balaban J connectivity index is 2.30. The summed E-state index contributed by atoms with van der Waals surface area (Å²) in [6.07, 6.45) is 1.25. The quantitative estimate of drug-likeness (QED) is 0.912. The molecule has 2 rings (SSSR count). The molecule has 3 nitrogen and oxygen atoms in total. The van der Waals surface area contributed by atoms with Gasteiger partial charge in [-0.3, -0.25) is 0 Å². The van der Waals surface area contributed by atoms with Crippen LogP contribution in [-0.4, -0.2) is 24.9 Å². The van der Waals surface area contributed by atoms with Crippen LogP contribution in [0.2, 0.25) is 0 Å². The summed E-state index contributed by atoms with van der Waals surface area (Å²) in [7, 11) is -3.45. The zero-order chi connectivity index (χ0) is 15.0. The molecule has 0 amide bonds. The van der Waals surface area contributed by atoms with Crippen molar-refractivity contribution in [1.29, 1.82) is 0 Å². The molecule has 1 aliphatic carbocycles. The Morgan fingerprint density at radius 1 is 1.10 bits per heavy atom. The van der Waals surface area contributed by atoms with Gasteiger partial charge >= 0.3 is 0 Å². The average Bonchev–Trinajstić information content (AvgIpc) is 2.38. The minimum Gasteiger partial charge on any atom is -0.392 e. The van der Waals surface area contributed by atoms with E-state index in [1.54, 1.807) is 30.3 Å². The molecule has 0 radical (unpaired) electrons. The summed E-state index contributed by atoms with van der Waals surface area (Å²) in [4.78, 5) is 0.318. The second kappa shape index (κ2) is 5.49. The van der Waals surface area contributed by atoms with E-state index in [1.165, 1.54) is 0 Å². The third-order valence-electron chi connectivity index (χ3n) is 4.45. The van der Waals surface area contributed by atoms with Gasteiger partial charge in [0, 0.05) is 0 Å². The third-order valence-corrected chi connectivity index (χ3v) is 6.68. The number of benzene rings is 1. The van der Waals surface area contributed by atoms with E-state index in [1.807, 2.05) is 0 Å². The van der Waals surface area contributed by atoms with Gasteiger partial charge in [-0.05, 0) is 42.7 Å². The van der Waals surface area contributed by atoms with Gasteiger partial charge in [0.15, 0.2) is 9.84 Å². The fourth-order valence-corrected chi connectivity index (χ4v) is 4.94. The zero-order valence-corrected chi connectivity index (χ0v) is 13.2. The highest BCUT2D eigenvalue weighted by Gasteiger charge is 2.42. The average molecular weight is 296 g/mol. The molecule has 3 atom stereocenters. The summed E-state index contributed by atoms with van der Waals surface area (Å²) >= 11 is 0. The number of aliphatic hydroxyl groups is 1. The molecule has 1 aromatic rings. The van der Waals surface area contributed by atoms with Gasteiger partial charge in [-0.1, -0.05) is 39.0 Å². The van der Waals surface area contributed by atoms with Crippen LogP contribution in [-0.2, 0) is 9.84 Å². The van der Waals surface area contributed by atoms with Crippen molar-refractivity contribution in [2.45, 2.75) is 56.3 Å². The Bertz CT molecular complexity index is 543. The summed E-state index contributed by atoms with van der Waals surface area (Å²) in [6, 6.07) is 8.48. The van der Waals surface area contributed by atoms with E-state index in [0.717, 1.165) is 6.42 Å². The predicted octanol–water partition coefficient (Wildman–Crippen LogP) is 3.04. The molecule has 112 valence electrons. The Morgan fingerprint density at radius 3 is 2.25 bits per heavy atom. The van der Waals surface area contributed by atoms with E-state index in [0.29, 0.717) is 23.7 Å². The van der Waals surface area contributed by atoms with E-state index in [-0.39, 0.29) is 5.41 Å². The van der Waals surface area contributed by atoms with E-state index in [9.17, 15) is 13.5 Å². The number of hydrogen-bond donors (Lipinski definition) is 1. The molecule has 1 fully saturated rings. The second-order valence-corrected chi connectivity index (χ2v) is 9.01. The highest BCUT2D eigenvalue weighted by atomic mass is 32.2. The zero-order valence-electron chi connectivity index (χ0n) is 12.4. The van der Waals surface area contributed by atoms with E-state index in [2.05, 4.69) is 20.8 Å². The number of sulfone groups is 1. The van der Waals surface area contributed by atoms with Crippen LogP contribution < -0.4 is 0 Å². The van der Waals surface area contributed by atoms with Crippen molar-refractivity contribution in [1.82, 2.24) is 0 Å². The lowest BCUT2D eigenvalue weighted by Gasteiger charge is -2.39. The highest BCUT2D eigenvalue weighted by molar-refractivity contribution is 7.92. The number of rotatable bonds is 2. The van der Waals surface area contributed by atoms with Crippen molar-refractivity contribution in [3.63, 3.8) is 0 Å². The van der Waals surface area contributed by atoms with Gasteiger partial charge in [0.2, 0.25) is 0 Å². The first kappa shape index (κ1) is 15.5. The molecule has 0 aliphatic heterocycles. The lowest BCUT2D eigenvalue weighted by Crippen LogP contribution is -2.42. The van der Waals surface area contributed by atoms with Crippen molar-refractivity contribution >= 4 is 9.84 Å². The van der Waals surface area contributed by atoms with Crippen LogP contribution in [0, 0.1) is 11.3 Å². The molecule has 4 heteroatoms. The summed E-state index contributed by atoms with van der Waals surface area (Å²) in [5.41, 5.74) is 0.0740.